The quantitative estimate of drug-likeness (QED) is 0.831. The molecule has 21 heavy (non-hydrogen) atoms. The predicted octanol–water partition coefficient (Wildman–Crippen LogP) is 1.05. The highest BCUT2D eigenvalue weighted by molar-refractivity contribution is 9.11. The number of hydrogen-bond donors (Lipinski definition) is 2. The molecule has 3 atom stereocenters. The molecule has 116 valence electrons. The van der Waals surface area contributed by atoms with E-state index in [1.165, 1.54) is 11.1 Å². The number of aliphatic hydroxyl groups is 1. The number of nitrogens with zero attached hydrogens (tertiary/aromatic N) is 2. The Morgan fingerprint density at radius 1 is 1.62 bits per heavy atom. The number of halogens is 4. The molecule has 6 nitrogen and oxygen atoms in total. The molecule has 2 heterocycles. The largest absolute Gasteiger partial charge is 0.394 e. The molecule has 0 spiro atoms. The van der Waals surface area contributed by atoms with E-state index >= 15 is 0 Å². The summed E-state index contributed by atoms with van der Waals surface area (Å²) in [6, 6.07) is 0. The topological polar surface area (TPSA) is 90.4 Å². The van der Waals surface area contributed by atoms with Gasteiger partial charge in [-0.25, -0.2) is 9.18 Å². The third kappa shape index (κ3) is 2.70. The average molecular weight is 370 g/mol. The number of nitrogens with two attached hydrogens (primary N) is 1. The number of alkyl halides is 3. The molecule has 0 aromatic carbocycles. The Morgan fingerprint density at radius 3 is 2.81 bits per heavy atom. The summed E-state index contributed by atoms with van der Waals surface area (Å²) in [6.45, 7) is -0.932. The molecular weight excluding hydrogens is 359 g/mol. The molecule has 0 bridgehead atoms. The number of ether oxygens (including phenoxy) is 1. The van der Waals surface area contributed by atoms with E-state index < -0.39 is 36.7 Å². The fourth-order valence-corrected chi connectivity index (χ4v) is 2.24. The van der Waals surface area contributed by atoms with Crippen LogP contribution in [-0.4, -0.2) is 39.5 Å². The first-order chi connectivity index (χ1) is 9.82. The van der Waals surface area contributed by atoms with Crippen LogP contribution in [0.15, 0.2) is 16.0 Å². The fraction of sp³-hybridized carbons (Fsp3) is 0.455. The summed E-state index contributed by atoms with van der Waals surface area (Å²) in [7, 11) is 0. The van der Waals surface area contributed by atoms with Gasteiger partial charge in [-0.2, -0.15) is 13.8 Å². The van der Waals surface area contributed by atoms with Crippen LogP contribution in [0.4, 0.5) is 19.0 Å². The summed E-state index contributed by atoms with van der Waals surface area (Å²) in [5, 5.41) is 8.85. The lowest BCUT2D eigenvalue weighted by atomic mass is 10.1. The molecule has 1 aromatic rings. The molecule has 3 unspecified atom stereocenters. The van der Waals surface area contributed by atoms with E-state index in [4.69, 9.17) is 15.6 Å². The van der Waals surface area contributed by atoms with Crippen molar-refractivity contribution in [2.24, 2.45) is 0 Å². The Hall–Kier alpha value is -1.39. The standard InChI is InChI=1S/C11H11BrF3N3O3/c12-2-1-5-3-18(10(20)17-8(5)16)9-11(14,15)7(13)6(4-19)21-9/h1-3,6-7,9,19H,4H2,(H2,16,17,20)/b2-1+. The van der Waals surface area contributed by atoms with E-state index in [0.717, 1.165) is 6.20 Å². The van der Waals surface area contributed by atoms with Crippen molar-refractivity contribution in [1.29, 1.82) is 0 Å². The van der Waals surface area contributed by atoms with Gasteiger partial charge >= 0.3 is 11.6 Å². The van der Waals surface area contributed by atoms with Crippen LogP contribution in [0.5, 0.6) is 0 Å². The van der Waals surface area contributed by atoms with Crippen molar-refractivity contribution in [3.8, 4) is 0 Å². The molecule has 0 amide bonds. The first-order valence-corrected chi connectivity index (χ1v) is 6.68. The second-order valence-corrected chi connectivity index (χ2v) is 4.88. The number of hydrogen-bond acceptors (Lipinski definition) is 5. The van der Waals surface area contributed by atoms with Crippen molar-refractivity contribution in [3.63, 3.8) is 0 Å². The maximum absolute atomic E-state index is 13.9. The van der Waals surface area contributed by atoms with Crippen molar-refractivity contribution < 1.29 is 23.0 Å². The van der Waals surface area contributed by atoms with Crippen LogP contribution in [0, 0.1) is 0 Å². The van der Waals surface area contributed by atoms with Crippen molar-refractivity contribution in [2.75, 3.05) is 12.3 Å². The molecule has 1 aliphatic heterocycles. The highest BCUT2D eigenvalue weighted by Gasteiger charge is 2.60. The van der Waals surface area contributed by atoms with Crippen LogP contribution in [0.3, 0.4) is 0 Å². The van der Waals surface area contributed by atoms with Crippen molar-refractivity contribution in [2.45, 2.75) is 24.4 Å². The fourth-order valence-electron chi connectivity index (χ4n) is 1.96. The van der Waals surface area contributed by atoms with E-state index in [-0.39, 0.29) is 11.4 Å². The lowest BCUT2D eigenvalue weighted by Crippen LogP contribution is -2.40. The highest BCUT2D eigenvalue weighted by atomic mass is 79.9. The van der Waals surface area contributed by atoms with E-state index in [0.29, 0.717) is 4.57 Å². The second-order valence-electron chi connectivity index (χ2n) is 4.35. The van der Waals surface area contributed by atoms with E-state index in [9.17, 15) is 18.0 Å². The van der Waals surface area contributed by atoms with E-state index in [1.807, 2.05) is 0 Å². The van der Waals surface area contributed by atoms with Gasteiger partial charge in [0.05, 0.1) is 6.61 Å². The van der Waals surface area contributed by atoms with Crippen molar-refractivity contribution in [1.82, 2.24) is 9.55 Å². The summed E-state index contributed by atoms with van der Waals surface area (Å²) in [5.74, 6) is -4.14. The third-order valence-electron chi connectivity index (χ3n) is 3.01. The van der Waals surface area contributed by atoms with E-state index in [1.54, 1.807) is 0 Å². The van der Waals surface area contributed by atoms with Gasteiger partial charge in [-0.05, 0) is 11.1 Å². The smallest absolute Gasteiger partial charge is 0.351 e. The van der Waals surface area contributed by atoms with Crippen LogP contribution >= 0.6 is 15.9 Å². The number of aromatic nitrogens is 2. The maximum atomic E-state index is 13.9. The summed E-state index contributed by atoms with van der Waals surface area (Å²) in [6.07, 6.45) is -4.28. The minimum absolute atomic E-state index is 0.163. The minimum Gasteiger partial charge on any atom is -0.394 e. The Balaban J connectivity index is 2.51. The van der Waals surface area contributed by atoms with Gasteiger partial charge in [0.25, 0.3) is 0 Å². The first-order valence-electron chi connectivity index (χ1n) is 5.76. The van der Waals surface area contributed by atoms with Crippen LogP contribution in [0.1, 0.15) is 11.8 Å². The summed E-state index contributed by atoms with van der Waals surface area (Å²) >= 11 is 2.98. The Morgan fingerprint density at radius 2 is 2.29 bits per heavy atom. The van der Waals surface area contributed by atoms with Gasteiger partial charge in [-0.3, -0.25) is 4.57 Å². The van der Waals surface area contributed by atoms with Gasteiger partial charge in [0.15, 0.2) is 6.17 Å². The molecule has 0 aliphatic carbocycles. The van der Waals surface area contributed by atoms with Crippen molar-refractivity contribution in [3.05, 3.63) is 27.2 Å². The SMILES string of the molecule is Nc1nc(=O)n(C2OC(CO)C(F)C2(F)F)cc1/C=C/Br. The maximum Gasteiger partial charge on any atom is 0.351 e. The molecular formula is C11H11BrF3N3O3. The molecule has 1 fully saturated rings. The Labute approximate surface area is 125 Å². The van der Waals surface area contributed by atoms with Gasteiger partial charge in [-0.15, -0.1) is 0 Å². The van der Waals surface area contributed by atoms with Gasteiger partial charge < -0.3 is 15.6 Å². The second kappa shape index (κ2) is 5.78. The molecule has 2 rings (SSSR count). The zero-order valence-electron chi connectivity index (χ0n) is 10.4. The predicted molar refractivity (Wildman–Crippen MR) is 71.7 cm³/mol. The van der Waals surface area contributed by atoms with Crippen LogP contribution in [0.25, 0.3) is 6.08 Å². The lowest BCUT2D eigenvalue weighted by Gasteiger charge is -2.20. The van der Waals surface area contributed by atoms with Crippen LogP contribution in [0.2, 0.25) is 0 Å². The minimum atomic E-state index is -3.98. The number of anilines is 1. The molecule has 10 heteroatoms. The van der Waals surface area contributed by atoms with Crippen molar-refractivity contribution >= 4 is 27.8 Å². The Bertz CT molecular complexity index is 622. The molecule has 1 saturated heterocycles. The molecule has 3 N–H and O–H groups in total. The summed E-state index contributed by atoms with van der Waals surface area (Å²) < 4.78 is 46.5. The van der Waals surface area contributed by atoms with E-state index in [2.05, 4.69) is 20.9 Å². The Kier molecular flexibility index (Phi) is 4.40. The number of aliphatic hydroxyl groups excluding tert-OH is 1. The zero-order valence-corrected chi connectivity index (χ0v) is 12.0. The molecule has 1 aromatic heterocycles. The zero-order chi connectivity index (χ0) is 15.8. The average Bonchev–Trinajstić information content (AvgIpc) is 2.65. The molecule has 1 aliphatic rings. The lowest BCUT2D eigenvalue weighted by molar-refractivity contribution is -0.130. The monoisotopic (exact) mass is 369 g/mol. The molecule has 0 radical (unpaired) electrons. The number of nitrogen functional groups attached to an aromatic ring is 1. The van der Waals surface area contributed by atoms with Gasteiger partial charge in [0.1, 0.15) is 11.9 Å². The highest BCUT2D eigenvalue weighted by Crippen LogP contribution is 2.43. The summed E-state index contributed by atoms with van der Waals surface area (Å²) in [5.41, 5.74) is 4.56. The third-order valence-corrected chi connectivity index (χ3v) is 3.28. The van der Waals surface area contributed by atoms with Gasteiger partial charge in [0.2, 0.25) is 6.23 Å². The summed E-state index contributed by atoms with van der Waals surface area (Å²) in [4.78, 5) is 16.5. The van der Waals surface area contributed by atoms with Crippen LogP contribution in [-0.2, 0) is 4.74 Å². The van der Waals surface area contributed by atoms with Crippen LogP contribution < -0.4 is 11.4 Å². The number of rotatable bonds is 3. The van der Waals surface area contributed by atoms with Gasteiger partial charge in [0, 0.05) is 11.8 Å². The molecule has 0 saturated carbocycles. The normalized spacial score (nSPS) is 28.3. The first kappa shape index (κ1) is 16.0. The van der Waals surface area contributed by atoms with Gasteiger partial charge in [-0.1, -0.05) is 15.9 Å².